The van der Waals surface area contributed by atoms with Crippen LogP contribution in [0.1, 0.15) is 49.3 Å². The minimum Gasteiger partial charge on any atom is -0.494 e. The number of benzene rings is 1. The van der Waals surface area contributed by atoms with Gasteiger partial charge >= 0.3 is 0 Å². The van der Waals surface area contributed by atoms with Crippen molar-refractivity contribution in [2.75, 3.05) is 19.7 Å². The molecule has 5 nitrogen and oxygen atoms in total. The summed E-state index contributed by atoms with van der Waals surface area (Å²) < 4.78 is 5.74. The Morgan fingerprint density at radius 1 is 1.36 bits per heavy atom. The number of H-pyrrole nitrogens is 1. The van der Waals surface area contributed by atoms with E-state index in [2.05, 4.69) is 23.2 Å². The molecule has 3 rings (SSSR count). The summed E-state index contributed by atoms with van der Waals surface area (Å²) in [5, 5.41) is 7.07. The molecular formula is C20H27N3O2. The molecule has 1 aromatic heterocycles. The third kappa shape index (κ3) is 5.08. The Balaban J connectivity index is 1.36. The fraction of sp³-hybridized carbons (Fsp3) is 0.500. The van der Waals surface area contributed by atoms with Crippen LogP contribution in [-0.2, 0) is 4.79 Å². The summed E-state index contributed by atoms with van der Waals surface area (Å²) in [7, 11) is 0. The molecule has 5 heteroatoms. The van der Waals surface area contributed by atoms with Crippen molar-refractivity contribution in [1.82, 2.24) is 15.1 Å². The number of hydrogen-bond acceptors (Lipinski definition) is 3. The Morgan fingerprint density at radius 2 is 2.28 bits per heavy atom. The molecule has 1 N–H and O–H groups in total. The fourth-order valence-electron chi connectivity index (χ4n) is 3.38. The van der Waals surface area contributed by atoms with Gasteiger partial charge < -0.3 is 9.64 Å². The van der Waals surface area contributed by atoms with Gasteiger partial charge in [0.05, 0.1) is 6.61 Å². The van der Waals surface area contributed by atoms with Gasteiger partial charge in [0, 0.05) is 37.3 Å². The Morgan fingerprint density at radius 3 is 3.08 bits per heavy atom. The number of ether oxygens (including phenoxy) is 1. The number of carbonyl (C=O) groups is 1. The standard InChI is InChI=1S/C20H27N3O2/c1-16-6-4-8-18(14-16)25-13-3-2-9-20(24)23-12-5-7-17(15-23)19-10-11-21-22-19/h4,6,8,10-11,14,17H,2-3,5,7,9,12-13,15H2,1H3,(H,21,22). The second kappa shape index (κ2) is 8.70. The SMILES string of the molecule is Cc1cccc(OCCCCC(=O)N2CCCC(c3ccn[nH]3)C2)c1. The third-order valence-corrected chi connectivity index (χ3v) is 4.78. The van der Waals surface area contributed by atoms with E-state index in [-0.39, 0.29) is 5.91 Å². The molecule has 0 spiro atoms. The Bertz CT molecular complexity index is 669. The van der Waals surface area contributed by atoms with Crippen LogP contribution < -0.4 is 4.74 Å². The highest BCUT2D eigenvalue weighted by molar-refractivity contribution is 5.76. The van der Waals surface area contributed by atoms with Gasteiger partial charge in [-0.25, -0.2) is 0 Å². The number of aromatic amines is 1. The number of carbonyl (C=O) groups excluding carboxylic acids is 1. The lowest BCUT2D eigenvalue weighted by Gasteiger charge is -2.32. The lowest BCUT2D eigenvalue weighted by Crippen LogP contribution is -2.39. The first-order valence-electron chi connectivity index (χ1n) is 9.19. The average molecular weight is 341 g/mol. The predicted molar refractivity (Wildman–Crippen MR) is 97.7 cm³/mol. The maximum absolute atomic E-state index is 12.5. The van der Waals surface area contributed by atoms with Gasteiger partial charge in [0.25, 0.3) is 0 Å². The molecule has 1 aliphatic heterocycles. The first kappa shape index (κ1) is 17.5. The van der Waals surface area contributed by atoms with Gasteiger partial charge in [-0.15, -0.1) is 0 Å². The molecule has 25 heavy (non-hydrogen) atoms. The molecule has 0 radical (unpaired) electrons. The monoisotopic (exact) mass is 341 g/mol. The van der Waals surface area contributed by atoms with Crippen LogP contribution in [0.4, 0.5) is 0 Å². The van der Waals surface area contributed by atoms with Gasteiger partial charge in [-0.05, 0) is 56.4 Å². The predicted octanol–water partition coefficient (Wildman–Crippen LogP) is 3.67. The number of aryl methyl sites for hydroxylation is 1. The lowest BCUT2D eigenvalue weighted by molar-refractivity contribution is -0.132. The van der Waals surface area contributed by atoms with E-state index in [1.807, 2.05) is 29.2 Å². The van der Waals surface area contributed by atoms with Crippen molar-refractivity contribution in [3.05, 3.63) is 47.8 Å². The number of likely N-dealkylation sites (tertiary alicyclic amines) is 1. The number of piperidine rings is 1. The summed E-state index contributed by atoms with van der Waals surface area (Å²) in [6.07, 6.45) is 6.34. The summed E-state index contributed by atoms with van der Waals surface area (Å²) >= 11 is 0. The van der Waals surface area contributed by atoms with E-state index in [0.29, 0.717) is 18.9 Å². The van der Waals surface area contributed by atoms with E-state index in [1.165, 1.54) is 5.56 Å². The van der Waals surface area contributed by atoms with Crippen LogP contribution in [0.3, 0.4) is 0 Å². The van der Waals surface area contributed by atoms with Crippen LogP contribution in [0.2, 0.25) is 0 Å². The molecule has 1 unspecified atom stereocenters. The summed E-state index contributed by atoms with van der Waals surface area (Å²) in [4.78, 5) is 14.5. The topological polar surface area (TPSA) is 58.2 Å². The van der Waals surface area contributed by atoms with Crippen molar-refractivity contribution in [1.29, 1.82) is 0 Å². The van der Waals surface area contributed by atoms with Gasteiger partial charge in [0.1, 0.15) is 5.75 Å². The van der Waals surface area contributed by atoms with Gasteiger partial charge in [0.15, 0.2) is 0 Å². The smallest absolute Gasteiger partial charge is 0.222 e. The number of nitrogens with one attached hydrogen (secondary N) is 1. The van der Waals surface area contributed by atoms with Crippen molar-refractivity contribution in [2.24, 2.45) is 0 Å². The molecule has 1 amide bonds. The Labute approximate surface area is 149 Å². The average Bonchev–Trinajstić information content (AvgIpc) is 3.16. The third-order valence-electron chi connectivity index (χ3n) is 4.78. The van der Waals surface area contributed by atoms with Crippen LogP contribution in [0.25, 0.3) is 0 Å². The molecule has 134 valence electrons. The first-order valence-corrected chi connectivity index (χ1v) is 9.19. The maximum Gasteiger partial charge on any atom is 0.222 e. The number of amides is 1. The van der Waals surface area contributed by atoms with E-state index in [1.54, 1.807) is 6.20 Å². The minimum atomic E-state index is 0.264. The molecule has 1 atom stereocenters. The maximum atomic E-state index is 12.5. The molecule has 2 aromatic rings. The Kier molecular flexibility index (Phi) is 6.09. The molecular weight excluding hydrogens is 314 g/mol. The second-order valence-corrected chi connectivity index (χ2v) is 6.81. The van der Waals surface area contributed by atoms with Gasteiger partial charge in [-0.3, -0.25) is 9.89 Å². The van der Waals surface area contributed by atoms with Crippen molar-refractivity contribution in [2.45, 2.75) is 44.9 Å². The first-order chi connectivity index (χ1) is 12.2. The van der Waals surface area contributed by atoms with Crippen LogP contribution in [-0.4, -0.2) is 40.7 Å². The quantitative estimate of drug-likeness (QED) is 0.782. The van der Waals surface area contributed by atoms with Gasteiger partial charge in [-0.1, -0.05) is 12.1 Å². The van der Waals surface area contributed by atoms with E-state index < -0.39 is 0 Å². The van der Waals surface area contributed by atoms with E-state index in [9.17, 15) is 4.79 Å². The van der Waals surface area contributed by atoms with Crippen molar-refractivity contribution in [3.8, 4) is 5.75 Å². The number of aromatic nitrogens is 2. The highest BCUT2D eigenvalue weighted by atomic mass is 16.5. The molecule has 1 saturated heterocycles. The molecule has 0 aliphatic carbocycles. The van der Waals surface area contributed by atoms with Crippen molar-refractivity contribution >= 4 is 5.91 Å². The fourth-order valence-corrected chi connectivity index (χ4v) is 3.38. The molecule has 1 aliphatic rings. The van der Waals surface area contributed by atoms with Crippen molar-refractivity contribution < 1.29 is 9.53 Å². The normalized spacial score (nSPS) is 17.5. The largest absolute Gasteiger partial charge is 0.494 e. The highest BCUT2D eigenvalue weighted by Gasteiger charge is 2.25. The van der Waals surface area contributed by atoms with E-state index >= 15 is 0 Å². The number of unbranched alkanes of at least 4 members (excludes halogenated alkanes) is 1. The van der Waals surface area contributed by atoms with Gasteiger partial charge in [-0.2, -0.15) is 5.10 Å². The summed E-state index contributed by atoms with van der Waals surface area (Å²) in [6.45, 7) is 4.40. The molecule has 1 aromatic carbocycles. The molecule has 2 heterocycles. The van der Waals surface area contributed by atoms with Crippen LogP contribution in [0.5, 0.6) is 5.75 Å². The number of rotatable bonds is 7. The van der Waals surface area contributed by atoms with E-state index in [0.717, 1.165) is 50.2 Å². The second-order valence-electron chi connectivity index (χ2n) is 6.81. The van der Waals surface area contributed by atoms with Crippen LogP contribution >= 0.6 is 0 Å². The van der Waals surface area contributed by atoms with E-state index in [4.69, 9.17) is 4.74 Å². The van der Waals surface area contributed by atoms with Crippen molar-refractivity contribution in [3.63, 3.8) is 0 Å². The number of hydrogen-bond donors (Lipinski definition) is 1. The Hall–Kier alpha value is -2.30. The highest BCUT2D eigenvalue weighted by Crippen LogP contribution is 2.25. The minimum absolute atomic E-state index is 0.264. The molecule has 1 fully saturated rings. The molecule has 0 bridgehead atoms. The zero-order valence-electron chi connectivity index (χ0n) is 14.9. The summed E-state index contributed by atoms with van der Waals surface area (Å²) in [5.74, 6) is 1.56. The summed E-state index contributed by atoms with van der Waals surface area (Å²) in [5.41, 5.74) is 2.34. The zero-order chi connectivity index (χ0) is 17.5. The van der Waals surface area contributed by atoms with Crippen LogP contribution in [0, 0.1) is 6.92 Å². The van der Waals surface area contributed by atoms with Gasteiger partial charge in [0.2, 0.25) is 5.91 Å². The lowest BCUT2D eigenvalue weighted by atomic mass is 9.94. The molecule has 0 saturated carbocycles. The summed E-state index contributed by atoms with van der Waals surface area (Å²) in [6, 6.07) is 10.1. The zero-order valence-corrected chi connectivity index (χ0v) is 14.9. The van der Waals surface area contributed by atoms with Crippen LogP contribution in [0.15, 0.2) is 36.5 Å². The number of nitrogens with zero attached hydrogens (tertiary/aromatic N) is 2.